The second kappa shape index (κ2) is 29.5. The molecule has 22 nitrogen and oxygen atoms in total. The molecular formula is C58H92FN5O17. The lowest BCUT2D eigenvalue weighted by molar-refractivity contribution is -0.319. The summed E-state index contributed by atoms with van der Waals surface area (Å²) in [6.45, 7) is 16.2. The molecule has 3 saturated heterocycles. The van der Waals surface area contributed by atoms with Crippen LogP contribution in [-0.2, 0) is 57.1 Å². The van der Waals surface area contributed by atoms with Gasteiger partial charge in [-0.2, -0.15) is 0 Å². The average Bonchev–Trinajstić information content (AvgIpc) is 3.45. The molecule has 0 aliphatic carbocycles. The van der Waals surface area contributed by atoms with E-state index in [9.17, 15) is 39.2 Å². The summed E-state index contributed by atoms with van der Waals surface area (Å²) in [7, 11) is 7.62. The van der Waals surface area contributed by atoms with E-state index in [1.54, 1.807) is 72.0 Å². The van der Waals surface area contributed by atoms with Crippen LogP contribution in [0.2, 0.25) is 0 Å². The zero-order chi connectivity index (χ0) is 60.3. The van der Waals surface area contributed by atoms with Crippen molar-refractivity contribution in [1.29, 1.82) is 0 Å². The predicted molar refractivity (Wildman–Crippen MR) is 296 cm³/mol. The first-order valence-electron chi connectivity index (χ1n) is 28.0. The van der Waals surface area contributed by atoms with E-state index in [1.807, 2.05) is 32.6 Å². The number of nitrogens with two attached hydrogens (primary N) is 1. The van der Waals surface area contributed by atoms with Gasteiger partial charge in [-0.05, 0) is 85.0 Å². The van der Waals surface area contributed by atoms with Crippen LogP contribution in [0.5, 0.6) is 0 Å². The highest BCUT2D eigenvalue weighted by atomic mass is 19.1. The van der Waals surface area contributed by atoms with Gasteiger partial charge in [0.25, 0.3) is 5.91 Å². The molecule has 23 heteroatoms. The molecule has 0 bridgehead atoms. The molecule has 0 radical (unpaired) electrons. The van der Waals surface area contributed by atoms with Crippen LogP contribution < -0.4 is 11.1 Å². The molecule has 0 saturated carbocycles. The molecule has 3 aliphatic heterocycles. The number of cyclic esters (lactones) is 1. The number of likely N-dealkylation sites (N-methyl/N-ethyl adjacent to an activating group) is 1. The van der Waals surface area contributed by atoms with Crippen molar-refractivity contribution < 1.29 is 86.7 Å². The van der Waals surface area contributed by atoms with Crippen LogP contribution in [0.1, 0.15) is 123 Å². The molecule has 2 amide bonds. The Kier molecular flexibility index (Phi) is 24.5. The van der Waals surface area contributed by atoms with Crippen molar-refractivity contribution in [2.24, 2.45) is 34.6 Å². The summed E-state index contributed by atoms with van der Waals surface area (Å²) in [5, 5.41) is 55.0. The first-order valence-corrected chi connectivity index (χ1v) is 28.0. The van der Waals surface area contributed by atoms with E-state index < -0.39 is 145 Å². The number of oxime groups is 1. The van der Waals surface area contributed by atoms with Crippen molar-refractivity contribution >= 4 is 23.5 Å². The summed E-state index contributed by atoms with van der Waals surface area (Å²) in [4.78, 5) is 51.3. The number of hydrogen-bond acceptors (Lipinski definition) is 20. The predicted octanol–water partition coefficient (Wildman–Crippen LogP) is 4.61. The Morgan fingerprint density at radius 1 is 0.914 bits per heavy atom. The van der Waals surface area contributed by atoms with Crippen LogP contribution in [0, 0.1) is 23.7 Å². The van der Waals surface area contributed by atoms with Gasteiger partial charge in [0.05, 0.1) is 59.4 Å². The summed E-state index contributed by atoms with van der Waals surface area (Å²) in [6.07, 6.45) is -9.70. The number of methoxy groups -OCH3 is 4. The number of nitrogens with zero attached hydrogens (tertiary/aromatic N) is 3. The van der Waals surface area contributed by atoms with Crippen LogP contribution in [0.3, 0.4) is 0 Å². The van der Waals surface area contributed by atoms with Gasteiger partial charge in [-0.3, -0.25) is 19.4 Å². The van der Waals surface area contributed by atoms with Crippen LogP contribution >= 0.6 is 0 Å². The van der Waals surface area contributed by atoms with Gasteiger partial charge < -0.3 is 83.8 Å². The highest BCUT2D eigenvalue weighted by molar-refractivity contribution is 5.91. The minimum absolute atomic E-state index is 0.0572. The maximum atomic E-state index is 14.8. The summed E-state index contributed by atoms with van der Waals surface area (Å²) in [5.74, 6) is -5.26. The zero-order valence-corrected chi connectivity index (χ0v) is 49.9. The van der Waals surface area contributed by atoms with Gasteiger partial charge in [-0.15, -0.1) is 0 Å². The fourth-order valence-electron chi connectivity index (χ4n) is 11.9. The van der Waals surface area contributed by atoms with Gasteiger partial charge in [0, 0.05) is 83.4 Å². The molecule has 3 unspecified atom stereocenters. The number of hydrogen-bond donors (Lipinski definition) is 6. The van der Waals surface area contributed by atoms with Crippen molar-refractivity contribution in [1.82, 2.24) is 15.2 Å². The first-order chi connectivity index (χ1) is 38.1. The third kappa shape index (κ3) is 16.1. The number of alkyl halides is 1. The largest absolute Gasteiger partial charge is 0.459 e. The molecule has 3 fully saturated rings. The minimum atomic E-state index is -1.99. The van der Waals surface area contributed by atoms with E-state index >= 15 is 0 Å². The number of benzene rings is 1. The molecule has 1 aromatic carbocycles. The van der Waals surface area contributed by atoms with Crippen LogP contribution in [0.15, 0.2) is 47.8 Å². The molecule has 7 N–H and O–H groups in total. The monoisotopic (exact) mass is 1150 g/mol. The smallest absolute Gasteiger partial charge is 0.311 e. The zero-order valence-electron chi connectivity index (χ0n) is 49.9. The van der Waals surface area contributed by atoms with E-state index in [4.69, 9.17) is 53.2 Å². The number of carbonyl (C=O) groups is 3. The lowest BCUT2D eigenvalue weighted by atomic mass is 9.73. The van der Waals surface area contributed by atoms with Crippen molar-refractivity contribution in [2.75, 3.05) is 55.5 Å². The number of pyridine rings is 1. The van der Waals surface area contributed by atoms with Crippen molar-refractivity contribution in [3.05, 3.63) is 53.9 Å². The molecule has 3 aliphatic rings. The highest BCUT2D eigenvalue weighted by Gasteiger charge is 2.54. The van der Waals surface area contributed by atoms with Crippen LogP contribution in [0.25, 0.3) is 11.1 Å². The molecule has 4 heterocycles. The molecule has 0 spiro atoms. The summed E-state index contributed by atoms with van der Waals surface area (Å²) in [6, 6.07) is 8.71. The lowest BCUT2D eigenvalue weighted by Crippen LogP contribution is -2.61. The number of esters is 1. The first kappa shape index (κ1) is 67.5. The van der Waals surface area contributed by atoms with Gasteiger partial charge >= 0.3 is 5.97 Å². The molecule has 81 heavy (non-hydrogen) atoms. The van der Waals surface area contributed by atoms with Crippen LogP contribution in [0.4, 0.5) is 4.39 Å². The van der Waals surface area contributed by atoms with E-state index in [1.165, 1.54) is 47.6 Å². The summed E-state index contributed by atoms with van der Waals surface area (Å²) < 4.78 is 70.9. The Morgan fingerprint density at radius 2 is 1.57 bits per heavy atom. The highest BCUT2D eigenvalue weighted by Crippen LogP contribution is 2.42. The number of ether oxygens (including phenoxy) is 9. The van der Waals surface area contributed by atoms with Crippen molar-refractivity contribution in [2.45, 2.75) is 198 Å². The SMILES string of the molecule is CC[C@H]1OC(=O)[C@H](C)[C@@H](O[C@H]2CC(C)(OC)[C@@H](O)[C@H](C)O2)[C@H](C)[C@@H](O[C@@H]2O[C@H](C)C[C@H](N(C)CCC(=O)N[C@H](CF)[C@H](OC)c3ccc(-c4ccc(C(N)=O)nc4)cc3)[C@H]2O)C(C)(OC)C[C@@H](C)/C(=N\OCOC)[C@H](C)[C@@H](O)C1(C)O. The second-order valence-electron chi connectivity index (χ2n) is 23.0. The molecule has 20 atom stereocenters. The van der Waals surface area contributed by atoms with E-state index in [2.05, 4.69) is 15.5 Å². The number of nitrogens with one attached hydrogen (secondary N) is 1. The quantitative estimate of drug-likeness (QED) is 0.0431. The van der Waals surface area contributed by atoms with Gasteiger partial charge in [-0.1, -0.05) is 63.2 Å². The number of carbonyl (C=O) groups excluding carboxylic acids is 3. The lowest BCUT2D eigenvalue weighted by Gasteiger charge is -2.50. The maximum Gasteiger partial charge on any atom is 0.311 e. The van der Waals surface area contributed by atoms with Gasteiger partial charge in [0.2, 0.25) is 12.7 Å². The number of aliphatic hydroxyl groups is 4. The van der Waals surface area contributed by atoms with E-state index in [0.29, 0.717) is 17.7 Å². The molecular weight excluding hydrogens is 1060 g/mol. The Morgan fingerprint density at radius 3 is 2.14 bits per heavy atom. The minimum Gasteiger partial charge on any atom is -0.459 e. The molecule has 458 valence electrons. The Bertz CT molecular complexity index is 2360. The molecule has 1 aromatic heterocycles. The standard InChI is InChI=1S/C58H92FN5O17/c1-16-43-58(10,71)50(67)33(4)46(63-76-30-72-12)31(2)26-57(9,75-15)52(34(5)48(35(6)54(70)79-43)80-45-27-56(8,74-14)51(68)36(7)78-45)81-55-47(66)42(25-32(3)77-55)64(11)24-23-44(65)62-41(28-59)49(73-13)38-19-17-37(18-20-38)39-21-22-40(53(60)69)61-29-39/h17-22,29,31-36,41-43,45,47-52,55,66-68,71H,16,23-28,30H2,1-15H3,(H2,60,69)(H,62,65)/b63-46+/t31-,32-,33+,34+,35-,36+,41-,42+,43-,45+,47-,48+,49-,50-,51+,52-,55+,56?,57?,58?/m1/s1. The average molecular weight is 1150 g/mol. The fourth-order valence-corrected chi connectivity index (χ4v) is 11.9. The maximum absolute atomic E-state index is 14.8. The number of aromatic nitrogens is 1. The van der Waals surface area contributed by atoms with Crippen molar-refractivity contribution in [3.8, 4) is 11.1 Å². The van der Waals surface area contributed by atoms with Gasteiger partial charge in [0.15, 0.2) is 12.6 Å². The third-order valence-corrected chi connectivity index (χ3v) is 17.0. The molecule has 2 aromatic rings. The topological polar surface area (TPSA) is 291 Å². The molecule has 5 rings (SSSR count). The number of aliphatic hydroxyl groups excluding tert-OH is 3. The number of rotatable bonds is 21. The normalized spacial score (nSPS) is 36.8. The summed E-state index contributed by atoms with van der Waals surface area (Å²) in [5.41, 5.74) is 3.47. The van der Waals surface area contributed by atoms with E-state index in [0.717, 1.165) is 11.1 Å². The number of primary amides is 1. The van der Waals surface area contributed by atoms with Crippen molar-refractivity contribution in [3.63, 3.8) is 0 Å². The van der Waals surface area contributed by atoms with Crippen LogP contribution in [-0.4, -0.2) is 200 Å². The Balaban J connectivity index is 1.46. The Hall–Kier alpha value is -4.34. The number of halogens is 1. The summed E-state index contributed by atoms with van der Waals surface area (Å²) >= 11 is 0. The Labute approximate surface area is 476 Å². The van der Waals surface area contributed by atoms with E-state index in [-0.39, 0.29) is 44.7 Å². The number of amides is 2. The second-order valence-corrected chi connectivity index (χ2v) is 23.0. The van der Waals surface area contributed by atoms with Gasteiger partial charge in [0.1, 0.15) is 42.4 Å². The third-order valence-electron chi connectivity index (χ3n) is 17.0. The van der Waals surface area contributed by atoms with Gasteiger partial charge in [-0.25, -0.2) is 4.39 Å². The fraction of sp³-hybridized carbons (Fsp3) is 0.741.